The number of halogens is 2. The molecule has 1 aliphatic rings. The van der Waals surface area contributed by atoms with Crippen molar-refractivity contribution in [3.8, 4) is 0 Å². The number of alkyl halides is 2. The number of ether oxygens (including phenoxy) is 4. The van der Waals surface area contributed by atoms with E-state index >= 15 is 8.78 Å². The van der Waals surface area contributed by atoms with Gasteiger partial charge in [0.15, 0.2) is 0 Å². The van der Waals surface area contributed by atoms with Gasteiger partial charge in [0.2, 0.25) is 0 Å². The van der Waals surface area contributed by atoms with Crippen molar-refractivity contribution in [2.75, 3.05) is 37.7 Å². The molecule has 0 N–H and O–H groups in total. The summed E-state index contributed by atoms with van der Waals surface area (Å²) in [6.45, 7) is 17.1. The Bertz CT molecular complexity index is 1770. The number of carbonyl (C=O) groups excluding carboxylic acids is 3. The zero-order chi connectivity index (χ0) is 41.5. The maximum Gasteiger partial charge on any atom is 0.416 e. The zero-order valence-electron chi connectivity index (χ0n) is 34.4. The van der Waals surface area contributed by atoms with Crippen molar-refractivity contribution in [1.82, 2.24) is 14.8 Å². The molecule has 1 aliphatic heterocycles. The van der Waals surface area contributed by atoms with Crippen LogP contribution in [0.25, 0.3) is 0 Å². The lowest BCUT2D eigenvalue weighted by Gasteiger charge is -2.31. The monoisotopic (exact) mass is 780 g/mol. The maximum atomic E-state index is 15.5. The Morgan fingerprint density at radius 2 is 1.36 bits per heavy atom. The lowest BCUT2D eigenvalue weighted by Crippen LogP contribution is -2.44. The van der Waals surface area contributed by atoms with E-state index in [1.54, 1.807) is 73.3 Å². The summed E-state index contributed by atoms with van der Waals surface area (Å²) < 4.78 is 54.3. The highest BCUT2D eigenvalue weighted by Gasteiger charge is 2.40. The summed E-state index contributed by atoms with van der Waals surface area (Å²) in [6, 6.07) is 20.6. The number of aromatic nitrogens is 1. The molecule has 0 saturated carbocycles. The van der Waals surface area contributed by atoms with Gasteiger partial charge in [-0.3, -0.25) is 9.80 Å². The molecule has 306 valence electrons. The van der Waals surface area contributed by atoms with Crippen molar-refractivity contribution in [2.45, 2.75) is 111 Å². The highest BCUT2D eigenvalue weighted by Crippen LogP contribution is 2.31. The molecule has 0 aliphatic carbocycles. The fraction of sp³-hybridized carbons (Fsp3) is 0.535. The summed E-state index contributed by atoms with van der Waals surface area (Å²) in [5.74, 6) is -3.25. The van der Waals surface area contributed by atoms with Crippen molar-refractivity contribution in [1.29, 1.82) is 0 Å². The minimum atomic E-state index is -3.36. The number of carbonyl (C=O) groups is 3. The first kappa shape index (κ1) is 43.9. The molecule has 2 aromatic carbocycles. The molecule has 2 heterocycles. The predicted molar refractivity (Wildman–Crippen MR) is 211 cm³/mol. The summed E-state index contributed by atoms with van der Waals surface area (Å²) in [4.78, 5) is 49.0. The molecule has 3 aromatic rings. The molecular formula is C43H58F2N4O7. The quantitative estimate of drug-likeness (QED) is 0.168. The first-order valence-electron chi connectivity index (χ1n) is 19.0. The van der Waals surface area contributed by atoms with Crippen molar-refractivity contribution in [3.63, 3.8) is 0 Å². The zero-order valence-corrected chi connectivity index (χ0v) is 34.4. The molecule has 2 unspecified atom stereocenters. The number of hydrogen-bond donors (Lipinski definition) is 0. The molecule has 1 aromatic heterocycles. The highest BCUT2D eigenvalue weighted by atomic mass is 19.3. The number of benzene rings is 2. The van der Waals surface area contributed by atoms with E-state index in [0.717, 1.165) is 16.0 Å². The molecule has 2 atom stereocenters. The number of hydrogen-bond acceptors (Lipinski definition) is 8. The minimum absolute atomic E-state index is 0.108. The van der Waals surface area contributed by atoms with Crippen LogP contribution in [-0.2, 0) is 37.8 Å². The Balaban J connectivity index is 1.59. The van der Waals surface area contributed by atoms with Crippen LogP contribution in [0, 0.1) is 12.8 Å². The van der Waals surface area contributed by atoms with Gasteiger partial charge >= 0.3 is 18.3 Å². The molecule has 13 heteroatoms. The van der Waals surface area contributed by atoms with Crippen molar-refractivity contribution < 1.29 is 42.1 Å². The molecule has 0 radical (unpaired) electrons. The molecular weight excluding hydrogens is 722 g/mol. The highest BCUT2D eigenvalue weighted by molar-refractivity contribution is 5.86. The van der Waals surface area contributed by atoms with Gasteiger partial charge in [0.05, 0.1) is 32.3 Å². The molecule has 11 nitrogen and oxygen atoms in total. The van der Waals surface area contributed by atoms with Gasteiger partial charge in [0, 0.05) is 30.3 Å². The summed E-state index contributed by atoms with van der Waals surface area (Å²) in [7, 11) is 0. The average molecular weight is 781 g/mol. The van der Waals surface area contributed by atoms with E-state index in [4.69, 9.17) is 23.9 Å². The Hall–Kier alpha value is -4.78. The third-order valence-corrected chi connectivity index (χ3v) is 8.52. The predicted octanol–water partition coefficient (Wildman–Crippen LogP) is 9.16. The Labute approximate surface area is 330 Å². The van der Waals surface area contributed by atoms with E-state index in [-0.39, 0.29) is 44.3 Å². The van der Waals surface area contributed by atoms with Gasteiger partial charge < -0.3 is 23.8 Å². The van der Waals surface area contributed by atoms with Crippen molar-refractivity contribution in [3.05, 3.63) is 95.2 Å². The number of anilines is 1. The molecule has 0 bridgehead atoms. The first-order chi connectivity index (χ1) is 26.0. The normalized spacial score (nSPS) is 16.3. The third-order valence-electron chi connectivity index (χ3n) is 8.52. The second-order valence-electron chi connectivity index (χ2n) is 17.3. The van der Waals surface area contributed by atoms with Gasteiger partial charge in [-0.05, 0) is 98.9 Å². The van der Waals surface area contributed by atoms with Crippen molar-refractivity contribution in [2.24, 2.45) is 5.92 Å². The van der Waals surface area contributed by atoms with Crippen LogP contribution in [0.2, 0.25) is 0 Å². The van der Waals surface area contributed by atoms with Crippen LogP contribution in [-0.4, -0.2) is 88.8 Å². The second-order valence-corrected chi connectivity index (χ2v) is 17.3. The van der Waals surface area contributed by atoms with Gasteiger partial charge in [0.1, 0.15) is 22.6 Å². The lowest BCUT2D eigenvalue weighted by molar-refractivity contribution is -0.0559. The molecule has 0 spiro atoms. The van der Waals surface area contributed by atoms with E-state index < -0.39 is 53.7 Å². The Morgan fingerprint density at radius 1 is 0.786 bits per heavy atom. The fourth-order valence-corrected chi connectivity index (χ4v) is 6.14. The Morgan fingerprint density at radius 3 is 1.95 bits per heavy atom. The van der Waals surface area contributed by atoms with Crippen LogP contribution in [0.4, 0.5) is 29.0 Å². The molecule has 1 fully saturated rings. The van der Waals surface area contributed by atoms with E-state index in [9.17, 15) is 14.4 Å². The lowest BCUT2D eigenvalue weighted by atomic mass is 9.98. The fourth-order valence-electron chi connectivity index (χ4n) is 6.14. The van der Waals surface area contributed by atoms with Crippen LogP contribution in [0.1, 0.15) is 84.7 Å². The van der Waals surface area contributed by atoms with Crippen molar-refractivity contribution >= 4 is 24.1 Å². The molecule has 3 amide bonds. The number of amides is 3. The Kier molecular flexibility index (Phi) is 14.1. The molecule has 1 saturated heterocycles. The van der Waals surface area contributed by atoms with Gasteiger partial charge in [-0.15, -0.1) is 0 Å². The summed E-state index contributed by atoms with van der Waals surface area (Å²) in [5, 5.41) is 0. The standard InChI is InChI=1S/C43H58F2N4O7/c1-30-23-34(46-36(24-30)49(39(52)56-42(8,9)10)26-31-17-13-11-14-18-31)25-32-27-48(38(51)55-41(5,6)7)28-35(32)53-22-21-47(37(50)54-40(2,3)4)29-43(44,45)33-19-15-12-16-20-33/h11-20,23-24,32,35H,21-22,25-29H2,1-10H3. The summed E-state index contributed by atoms with van der Waals surface area (Å²) in [6.07, 6.45) is -2.15. The van der Waals surface area contributed by atoms with Crippen LogP contribution in [0.3, 0.4) is 0 Å². The van der Waals surface area contributed by atoms with E-state index in [1.165, 1.54) is 29.2 Å². The van der Waals surface area contributed by atoms with Gasteiger partial charge in [-0.1, -0.05) is 60.7 Å². The van der Waals surface area contributed by atoms with Crippen LogP contribution in [0.5, 0.6) is 0 Å². The second kappa shape index (κ2) is 18.0. The maximum absolute atomic E-state index is 15.5. The van der Waals surface area contributed by atoms with Crippen LogP contribution in [0.15, 0.2) is 72.8 Å². The number of aryl methyl sites for hydroxylation is 1. The van der Waals surface area contributed by atoms with Gasteiger partial charge in [-0.25, -0.2) is 19.4 Å². The van der Waals surface area contributed by atoms with Gasteiger partial charge in [-0.2, -0.15) is 8.78 Å². The minimum Gasteiger partial charge on any atom is -0.444 e. The van der Waals surface area contributed by atoms with Crippen LogP contribution >= 0.6 is 0 Å². The largest absolute Gasteiger partial charge is 0.444 e. The SMILES string of the molecule is Cc1cc(CC2CN(C(=O)OC(C)(C)C)CC2OCCN(CC(F)(F)c2ccccc2)C(=O)OC(C)(C)C)nc(N(Cc2ccccc2)C(=O)OC(C)(C)C)c1. The van der Waals surface area contributed by atoms with E-state index in [0.29, 0.717) is 17.9 Å². The van der Waals surface area contributed by atoms with Crippen LogP contribution < -0.4 is 4.90 Å². The topological polar surface area (TPSA) is 111 Å². The summed E-state index contributed by atoms with van der Waals surface area (Å²) in [5.41, 5.74) is -0.209. The number of pyridine rings is 1. The average Bonchev–Trinajstić information content (AvgIpc) is 3.47. The smallest absolute Gasteiger partial charge is 0.416 e. The molecule has 4 rings (SSSR count). The third kappa shape index (κ3) is 13.8. The molecule has 56 heavy (non-hydrogen) atoms. The van der Waals surface area contributed by atoms with E-state index in [1.807, 2.05) is 49.4 Å². The first-order valence-corrected chi connectivity index (χ1v) is 19.0. The van der Waals surface area contributed by atoms with Gasteiger partial charge in [0.25, 0.3) is 5.92 Å². The summed E-state index contributed by atoms with van der Waals surface area (Å²) >= 11 is 0. The van der Waals surface area contributed by atoms with E-state index in [2.05, 4.69) is 0 Å². The number of nitrogens with zero attached hydrogens (tertiary/aromatic N) is 4. The number of rotatable bonds is 12. The number of likely N-dealkylation sites (tertiary alicyclic amines) is 1.